The molecule has 0 radical (unpaired) electrons. The van der Waals surface area contributed by atoms with Crippen molar-refractivity contribution in [2.45, 2.75) is 96.4 Å². The summed E-state index contributed by atoms with van der Waals surface area (Å²) in [4.78, 5) is 2.80. The van der Waals surface area contributed by atoms with Crippen LogP contribution in [0, 0.1) is 5.92 Å². The van der Waals surface area contributed by atoms with Gasteiger partial charge in [0.15, 0.2) is 0 Å². The monoisotopic (exact) mass is 419 g/mol. The number of fused-ring (bicyclic) bond motifs is 2. The molecule has 4 atom stereocenters. The quantitative estimate of drug-likeness (QED) is 0.473. The molecule has 168 valence electrons. The van der Waals surface area contributed by atoms with Gasteiger partial charge in [0.25, 0.3) is 0 Å². The van der Waals surface area contributed by atoms with E-state index >= 15 is 0 Å². The predicted molar refractivity (Wildman–Crippen MR) is 131 cm³/mol. The maximum atomic E-state index is 6.92. The lowest BCUT2D eigenvalue weighted by Crippen LogP contribution is -2.46. The van der Waals surface area contributed by atoms with Gasteiger partial charge in [-0.1, -0.05) is 89.2 Å². The van der Waals surface area contributed by atoms with Gasteiger partial charge in [-0.25, -0.2) is 0 Å². The van der Waals surface area contributed by atoms with Gasteiger partial charge >= 0.3 is 0 Å². The van der Waals surface area contributed by atoms with E-state index in [-0.39, 0.29) is 11.5 Å². The van der Waals surface area contributed by atoms with Gasteiger partial charge in [-0.05, 0) is 66.7 Å². The van der Waals surface area contributed by atoms with E-state index in [0.717, 1.165) is 5.92 Å². The minimum absolute atomic E-state index is 0.0156. The molecule has 2 fully saturated rings. The Morgan fingerprint density at radius 2 is 1.45 bits per heavy atom. The molecule has 0 aliphatic carbocycles. The van der Waals surface area contributed by atoms with Crippen LogP contribution in [0.15, 0.2) is 54.6 Å². The van der Waals surface area contributed by atoms with Crippen molar-refractivity contribution in [3.05, 3.63) is 71.3 Å². The van der Waals surface area contributed by atoms with Crippen LogP contribution in [0.25, 0.3) is 0 Å². The summed E-state index contributed by atoms with van der Waals surface area (Å²) in [6, 6.07) is 21.3. The van der Waals surface area contributed by atoms with Crippen LogP contribution in [0.1, 0.15) is 89.5 Å². The lowest BCUT2D eigenvalue weighted by atomic mass is 9.86. The fourth-order valence-corrected chi connectivity index (χ4v) is 5.44. The van der Waals surface area contributed by atoms with Gasteiger partial charge in [-0.2, -0.15) is 0 Å². The Morgan fingerprint density at radius 1 is 0.871 bits per heavy atom. The first-order chi connectivity index (χ1) is 14.8. The van der Waals surface area contributed by atoms with E-state index in [1.54, 1.807) is 0 Å². The first-order valence-corrected chi connectivity index (χ1v) is 12.4. The van der Waals surface area contributed by atoms with E-state index in [9.17, 15) is 0 Å². The molecule has 31 heavy (non-hydrogen) atoms. The summed E-state index contributed by atoms with van der Waals surface area (Å²) < 4.78 is 6.92. The highest BCUT2D eigenvalue weighted by Gasteiger charge is 2.41. The van der Waals surface area contributed by atoms with E-state index in [1.165, 1.54) is 55.3 Å². The average Bonchev–Trinajstić information content (AvgIpc) is 2.98. The number of rotatable bonds is 7. The molecule has 0 saturated carbocycles. The van der Waals surface area contributed by atoms with Gasteiger partial charge in [0.05, 0.1) is 6.10 Å². The number of hydrogen-bond acceptors (Lipinski definition) is 2. The molecule has 2 aromatic carbocycles. The number of benzene rings is 2. The normalized spacial score (nSPS) is 25.2. The van der Waals surface area contributed by atoms with Crippen molar-refractivity contribution < 1.29 is 4.74 Å². The molecule has 2 aromatic rings. The number of ether oxygens (including phenoxy) is 1. The van der Waals surface area contributed by atoms with Crippen molar-refractivity contribution >= 4 is 0 Å². The molecule has 0 spiro atoms. The second-order valence-electron chi connectivity index (χ2n) is 11.2. The van der Waals surface area contributed by atoms with Crippen molar-refractivity contribution in [2.24, 2.45) is 5.92 Å². The Kier molecular flexibility index (Phi) is 6.89. The van der Waals surface area contributed by atoms with Gasteiger partial charge in [0, 0.05) is 12.1 Å². The molecular formula is C29H41NO. The van der Waals surface area contributed by atoms with Crippen LogP contribution in [-0.2, 0) is 10.2 Å². The van der Waals surface area contributed by atoms with E-state index in [1.807, 2.05) is 0 Å². The maximum absolute atomic E-state index is 6.92. The molecule has 2 aliphatic rings. The van der Waals surface area contributed by atoms with E-state index < -0.39 is 0 Å². The lowest BCUT2D eigenvalue weighted by Gasteiger charge is -2.40. The third-order valence-corrected chi connectivity index (χ3v) is 7.32. The number of piperidine rings is 1. The van der Waals surface area contributed by atoms with Crippen LogP contribution in [0.3, 0.4) is 0 Å². The summed E-state index contributed by atoms with van der Waals surface area (Å²) in [6.07, 6.45) is 6.72. The molecule has 0 amide bonds. The van der Waals surface area contributed by atoms with Gasteiger partial charge in [-0.15, -0.1) is 0 Å². The molecule has 2 heterocycles. The zero-order valence-corrected chi connectivity index (χ0v) is 20.2. The highest BCUT2D eigenvalue weighted by molar-refractivity contribution is 5.34. The molecule has 2 nitrogen and oxygen atoms in total. The molecule has 4 rings (SSSR count). The van der Waals surface area contributed by atoms with Crippen LogP contribution in [0.5, 0.6) is 0 Å². The Morgan fingerprint density at radius 3 is 2.00 bits per heavy atom. The maximum Gasteiger partial charge on any atom is 0.108 e. The Labute approximate surface area is 190 Å². The van der Waals surface area contributed by atoms with Crippen LogP contribution in [-0.4, -0.2) is 29.6 Å². The SMILES string of the molecule is CC(C)CCN1[C@@H]2CC[C@H]1CC(OC(c1ccccc1)c1ccc(C(C)(C)C)cc1)C2. The zero-order valence-electron chi connectivity index (χ0n) is 20.2. The fourth-order valence-electron chi connectivity index (χ4n) is 5.44. The average molecular weight is 420 g/mol. The third-order valence-electron chi connectivity index (χ3n) is 7.32. The van der Waals surface area contributed by atoms with Crippen LogP contribution >= 0.6 is 0 Å². The Hall–Kier alpha value is -1.64. The first kappa shape index (κ1) is 22.6. The topological polar surface area (TPSA) is 12.5 Å². The van der Waals surface area contributed by atoms with E-state index in [0.29, 0.717) is 18.2 Å². The van der Waals surface area contributed by atoms with Gasteiger partial charge in [0.1, 0.15) is 6.10 Å². The summed E-state index contributed by atoms with van der Waals surface area (Å²) in [6.45, 7) is 12.8. The first-order valence-electron chi connectivity index (χ1n) is 12.4. The van der Waals surface area contributed by atoms with Gasteiger partial charge in [0.2, 0.25) is 0 Å². The van der Waals surface area contributed by atoms with E-state index in [2.05, 4.69) is 94.1 Å². The summed E-state index contributed by atoms with van der Waals surface area (Å²) >= 11 is 0. The standard InChI is InChI=1S/C29H41NO/c1-21(2)17-18-30-25-15-16-26(30)20-27(19-25)31-28(22-9-7-6-8-10-22)23-11-13-24(14-12-23)29(3,4)5/h6-14,21,25-28H,15-20H2,1-5H3/t25-,26+,27?,28?. The predicted octanol–water partition coefficient (Wildman–Crippen LogP) is 7.13. The minimum Gasteiger partial charge on any atom is -0.365 e. The molecule has 2 bridgehead atoms. The molecule has 2 saturated heterocycles. The molecule has 0 N–H and O–H groups in total. The summed E-state index contributed by atoms with van der Waals surface area (Å²) in [7, 11) is 0. The van der Waals surface area contributed by atoms with E-state index in [4.69, 9.17) is 4.74 Å². The highest BCUT2D eigenvalue weighted by atomic mass is 16.5. The zero-order chi connectivity index (χ0) is 22.0. The molecule has 2 heteroatoms. The Bertz CT molecular complexity index is 806. The van der Waals surface area contributed by atoms with Crippen molar-refractivity contribution in [3.63, 3.8) is 0 Å². The minimum atomic E-state index is 0.0156. The third kappa shape index (κ3) is 5.41. The van der Waals surface area contributed by atoms with Crippen molar-refractivity contribution in [2.75, 3.05) is 6.54 Å². The lowest BCUT2D eigenvalue weighted by molar-refractivity contribution is -0.0488. The Balaban J connectivity index is 1.51. The summed E-state index contributed by atoms with van der Waals surface area (Å²) in [5.41, 5.74) is 4.08. The van der Waals surface area contributed by atoms with Crippen molar-refractivity contribution in [1.82, 2.24) is 4.90 Å². The highest BCUT2D eigenvalue weighted by Crippen LogP contribution is 2.40. The van der Waals surface area contributed by atoms with Crippen LogP contribution < -0.4 is 0 Å². The number of nitrogens with zero attached hydrogens (tertiary/aromatic N) is 1. The fraction of sp³-hybridized carbons (Fsp3) is 0.586. The number of hydrogen-bond donors (Lipinski definition) is 0. The van der Waals surface area contributed by atoms with Crippen molar-refractivity contribution in [3.8, 4) is 0 Å². The second-order valence-corrected chi connectivity index (χ2v) is 11.2. The largest absolute Gasteiger partial charge is 0.365 e. The summed E-state index contributed by atoms with van der Waals surface area (Å²) in [5.74, 6) is 0.784. The molecule has 2 unspecified atom stereocenters. The van der Waals surface area contributed by atoms with Crippen LogP contribution in [0.2, 0.25) is 0 Å². The molecule has 0 aromatic heterocycles. The van der Waals surface area contributed by atoms with Crippen molar-refractivity contribution in [1.29, 1.82) is 0 Å². The van der Waals surface area contributed by atoms with Gasteiger partial charge in [-0.3, -0.25) is 4.90 Å². The second kappa shape index (κ2) is 9.46. The summed E-state index contributed by atoms with van der Waals surface area (Å²) in [5, 5.41) is 0. The molecular weight excluding hydrogens is 378 g/mol. The molecule has 2 aliphatic heterocycles. The smallest absolute Gasteiger partial charge is 0.108 e. The van der Waals surface area contributed by atoms with Gasteiger partial charge < -0.3 is 4.74 Å². The van der Waals surface area contributed by atoms with Crippen LogP contribution in [0.4, 0.5) is 0 Å².